The molecule has 6 heteroatoms. The molecular formula is C16H23FN2O3. The van der Waals surface area contributed by atoms with Gasteiger partial charge in [0.25, 0.3) is 5.91 Å². The fraction of sp³-hybridized carbons (Fsp3) is 0.562. The van der Waals surface area contributed by atoms with Crippen LogP contribution in [0.4, 0.5) is 4.39 Å². The summed E-state index contributed by atoms with van der Waals surface area (Å²) in [7, 11) is 3.92. The number of benzene rings is 1. The van der Waals surface area contributed by atoms with Crippen molar-refractivity contribution in [3.63, 3.8) is 0 Å². The molecule has 0 N–H and O–H groups in total. The molecule has 122 valence electrons. The predicted octanol–water partition coefficient (Wildman–Crippen LogP) is 1.13. The Labute approximate surface area is 130 Å². The Morgan fingerprint density at radius 1 is 1.23 bits per heavy atom. The third-order valence-corrected chi connectivity index (χ3v) is 3.51. The van der Waals surface area contributed by atoms with E-state index in [0.29, 0.717) is 32.9 Å². The van der Waals surface area contributed by atoms with E-state index in [0.717, 1.165) is 12.1 Å². The number of hydrogen-bond acceptors (Lipinski definition) is 4. The van der Waals surface area contributed by atoms with E-state index in [9.17, 15) is 9.18 Å². The molecule has 2 rings (SSSR count). The standard InChI is InChI=1S/C16H23FN2O3/c1-18(2)7-8-19(11-13-3-5-14(17)6-4-13)16(20)15-12-21-9-10-22-15/h3-6,15H,7-12H2,1-2H3. The summed E-state index contributed by atoms with van der Waals surface area (Å²) in [6.07, 6.45) is -0.545. The van der Waals surface area contributed by atoms with Gasteiger partial charge in [-0.25, -0.2) is 4.39 Å². The van der Waals surface area contributed by atoms with E-state index in [-0.39, 0.29) is 11.7 Å². The third kappa shape index (κ3) is 5.05. The predicted molar refractivity (Wildman–Crippen MR) is 80.9 cm³/mol. The number of nitrogens with zero attached hydrogens (tertiary/aromatic N) is 2. The van der Waals surface area contributed by atoms with E-state index in [4.69, 9.17) is 9.47 Å². The Kier molecular flexibility index (Phi) is 6.30. The smallest absolute Gasteiger partial charge is 0.254 e. The molecule has 0 aliphatic carbocycles. The number of carbonyl (C=O) groups excluding carboxylic acids is 1. The van der Waals surface area contributed by atoms with E-state index in [2.05, 4.69) is 0 Å². The third-order valence-electron chi connectivity index (χ3n) is 3.51. The van der Waals surface area contributed by atoms with Gasteiger partial charge < -0.3 is 19.3 Å². The Morgan fingerprint density at radius 2 is 1.95 bits per heavy atom. The molecule has 0 saturated carbocycles. The van der Waals surface area contributed by atoms with Crippen LogP contribution in [0.2, 0.25) is 0 Å². The fourth-order valence-corrected chi connectivity index (χ4v) is 2.23. The number of ether oxygens (including phenoxy) is 2. The number of amides is 1. The highest BCUT2D eigenvalue weighted by Crippen LogP contribution is 2.11. The van der Waals surface area contributed by atoms with Gasteiger partial charge >= 0.3 is 0 Å². The zero-order valence-electron chi connectivity index (χ0n) is 13.1. The minimum Gasteiger partial charge on any atom is -0.376 e. The van der Waals surface area contributed by atoms with Crippen molar-refractivity contribution in [1.29, 1.82) is 0 Å². The summed E-state index contributed by atoms with van der Waals surface area (Å²) in [5, 5.41) is 0. The first kappa shape index (κ1) is 16.9. The quantitative estimate of drug-likeness (QED) is 0.790. The lowest BCUT2D eigenvalue weighted by Gasteiger charge is -2.30. The van der Waals surface area contributed by atoms with Gasteiger partial charge in [-0.2, -0.15) is 0 Å². The molecule has 0 aromatic heterocycles. The van der Waals surface area contributed by atoms with E-state index in [1.54, 1.807) is 17.0 Å². The summed E-state index contributed by atoms with van der Waals surface area (Å²) in [6, 6.07) is 6.21. The molecule has 5 nitrogen and oxygen atoms in total. The van der Waals surface area contributed by atoms with Crippen LogP contribution in [-0.2, 0) is 20.8 Å². The van der Waals surface area contributed by atoms with Crippen LogP contribution < -0.4 is 0 Å². The molecule has 0 bridgehead atoms. The highest BCUT2D eigenvalue weighted by Gasteiger charge is 2.27. The lowest BCUT2D eigenvalue weighted by molar-refractivity contribution is -0.158. The molecule has 1 amide bonds. The molecule has 1 unspecified atom stereocenters. The normalized spacial score (nSPS) is 18.5. The van der Waals surface area contributed by atoms with Crippen LogP contribution in [0.5, 0.6) is 0 Å². The molecule has 1 fully saturated rings. The van der Waals surface area contributed by atoms with Gasteiger partial charge in [0.15, 0.2) is 6.10 Å². The SMILES string of the molecule is CN(C)CCN(Cc1ccc(F)cc1)C(=O)C1COCCO1. The number of halogens is 1. The first-order valence-electron chi connectivity index (χ1n) is 7.43. The van der Waals surface area contributed by atoms with E-state index < -0.39 is 6.10 Å². The van der Waals surface area contributed by atoms with E-state index in [1.807, 2.05) is 19.0 Å². The largest absolute Gasteiger partial charge is 0.376 e. The molecule has 1 aromatic rings. The van der Waals surface area contributed by atoms with Gasteiger partial charge in [-0.1, -0.05) is 12.1 Å². The molecule has 1 aliphatic heterocycles. The Morgan fingerprint density at radius 3 is 2.55 bits per heavy atom. The minimum absolute atomic E-state index is 0.0779. The Hall–Kier alpha value is -1.50. The van der Waals surface area contributed by atoms with Crippen LogP contribution in [0.3, 0.4) is 0 Å². The van der Waals surface area contributed by atoms with Crippen LogP contribution in [0.15, 0.2) is 24.3 Å². The Balaban J connectivity index is 2.03. The van der Waals surface area contributed by atoms with Crippen LogP contribution in [0, 0.1) is 5.82 Å². The van der Waals surface area contributed by atoms with Crippen molar-refractivity contribution in [2.24, 2.45) is 0 Å². The van der Waals surface area contributed by atoms with Crippen LogP contribution in [0.25, 0.3) is 0 Å². The van der Waals surface area contributed by atoms with Gasteiger partial charge in [0, 0.05) is 19.6 Å². The summed E-state index contributed by atoms with van der Waals surface area (Å²) in [4.78, 5) is 16.4. The molecule has 1 aromatic carbocycles. The lowest BCUT2D eigenvalue weighted by atomic mass is 10.2. The van der Waals surface area contributed by atoms with Gasteiger partial charge in [0.1, 0.15) is 5.82 Å². The average Bonchev–Trinajstić information content (AvgIpc) is 2.53. The molecule has 1 heterocycles. The maximum atomic E-state index is 13.0. The zero-order chi connectivity index (χ0) is 15.9. The second kappa shape index (κ2) is 8.22. The van der Waals surface area contributed by atoms with Gasteiger partial charge in [-0.15, -0.1) is 0 Å². The number of hydrogen-bond donors (Lipinski definition) is 0. The van der Waals surface area contributed by atoms with Crippen molar-refractivity contribution in [3.05, 3.63) is 35.6 Å². The van der Waals surface area contributed by atoms with Crippen molar-refractivity contribution < 1.29 is 18.7 Å². The number of likely N-dealkylation sites (N-methyl/N-ethyl adjacent to an activating group) is 1. The molecule has 0 radical (unpaired) electrons. The summed E-state index contributed by atoms with van der Waals surface area (Å²) < 4.78 is 23.8. The van der Waals surface area contributed by atoms with Crippen LogP contribution in [-0.4, -0.2) is 68.8 Å². The summed E-state index contributed by atoms with van der Waals surface area (Å²) in [6.45, 7) is 3.03. The fourth-order valence-electron chi connectivity index (χ4n) is 2.23. The summed E-state index contributed by atoms with van der Waals surface area (Å²) in [5.74, 6) is -0.357. The molecule has 1 saturated heterocycles. The summed E-state index contributed by atoms with van der Waals surface area (Å²) in [5.41, 5.74) is 0.894. The van der Waals surface area contributed by atoms with Crippen molar-refractivity contribution in [3.8, 4) is 0 Å². The topological polar surface area (TPSA) is 42.0 Å². The van der Waals surface area contributed by atoms with Gasteiger partial charge in [0.2, 0.25) is 0 Å². The average molecular weight is 310 g/mol. The van der Waals surface area contributed by atoms with E-state index in [1.165, 1.54) is 12.1 Å². The maximum absolute atomic E-state index is 13.0. The summed E-state index contributed by atoms with van der Waals surface area (Å²) >= 11 is 0. The second-order valence-electron chi connectivity index (χ2n) is 5.62. The van der Waals surface area contributed by atoms with Crippen LogP contribution >= 0.6 is 0 Å². The van der Waals surface area contributed by atoms with Crippen LogP contribution in [0.1, 0.15) is 5.56 Å². The minimum atomic E-state index is -0.545. The van der Waals surface area contributed by atoms with Gasteiger partial charge in [-0.05, 0) is 31.8 Å². The Bertz CT molecular complexity index is 473. The maximum Gasteiger partial charge on any atom is 0.254 e. The molecule has 1 atom stereocenters. The van der Waals surface area contributed by atoms with Crippen molar-refractivity contribution in [1.82, 2.24) is 9.80 Å². The first-order chi connectivity index (χ1) is 10.6. The van der Waals surface area contributed by atoms with Gasteiger partial charge in [0.05, 0.1) is 19.8 Å². The zero-order valence-corrected chi connectivity index (χ0v) is 13.1. The van der Waals surface area contributed by atoms with Crippen molar-refractivity contribution in [2.75, 3.05) is 47.0 Å². The first-order valence-corrected chi connectivity index (χ1v) is 7.43. The molecule has 0 spiro atoms. The lowest BCUT2D eigenvalue weighted by Crippen LogP contribution is -2.46. The molecule has 1 aliphatic rings. The van der Waals surface area contributed by atoms with E-state index >= 15 is 0 Å². The molecule has 22 heavy (non-hydrogen) atoms. The number of rotatable bonds is 6. The number of carbonyl (C=O) groups is 1. The second-order valence-corrected chi connectivity index (χ2v) is 5.62. The van der Waals surface area contributed by atoms with Crippen molar-refractivity contribution >= 4 is 5.91 Å². The molecular weight excluding hydrogens is 287 g/mol. The highest BCUT2D eigenvalue weighted by atomic mass is 19.1. The highest BCUT2D eigenvalue weighted by molar-refractivity contribution is 5.81. The van der Waals surface area contributed by atoms with Crippen molar-refractivity contribution in [2.45, 2.75) is 12.6 Å². The monoisotopic (exact) mass is 310 g/mol. The van der Waals surface area contributed by atoms with Gasteiger partial charge in [-0.3, -0.25) is 4.79 Å².